The molecule has 152 valence electrons. The van der Waals surface area contributed by atoms with E-state index in [1.165, 1.54) is 11.8 Å². The van der Waals surface area contributed by atoms with Crippen LogP contribution in [0.3, 0.4) is 0 Å². The lowest BCUT2D eigenvalue weighted by Crippen LogP contribution is -2.24. The van der Waals surface area contributed by atoms with Crippen LogP contribution in [0.15, 0.2) is 40.9 Å². The van der Waals surface area contributed by atoms with Gasteiger partial charge in [-0.2, -0.15) is 0 Å². The van der Waals surface area contributed by atoms with Crippen molar-refractivity contribution in [3.8, 4) is 11.5 Å². The molecule has 3 heterocycles. The molecule has 0 aliphatic carbocycles. The Kier molecular flexibility index (Phi) is 6.36. The topological polar surface area (TPSA) is 78.3 Å². The Morgan fingerprint density at radius 3 is 2.93 bits per heavy atom. The van der Waals surface area contributed by atoms with Crippen LogP contribution in [-0.4, -0.2) is 39.6 Å². The largest absolute Gasteiger partial charge is 0.490 e. The Hall–Kier alpha value is -2.52. The quantitative estimate of drug-likeness (QED) is 0.581. The third-order valence-corrected chi connectivity index (χ3v) is 6.37. The SMILES string of the molecule is Cn1c(Cc2ccc3c(c2)OCCCO3)nnc1SCC(=O)NCc1cccs1. The Morgan fingerprint density at radius 1 is 1.24 bits per heavy atom. The molecule has 4 rings (SSSR count). The summed E-state index contributed by atoms with van der Waals surface area (Å²) in [7, 11) is 1.92. The molecule has 2 aromatic heterocycles. The van der Waals surface area contributed by atoms with Gasteiger partial charge < -0.3 is 19.4 Å². The second-order valence-electron chi connectivity index (χ2n) is 6.61. The lowest BCUT2D eigenvalue weighted by Gasteiger charge is -2.09. The fraction of sp³-hybridized carbons (Fsp3) is 0.350. The number of nitrogens with one attached hydrogen (secondary N) is 1. The molecule has 1 aromatic carbocycles. The first-order valence-corrected chi connectivity index (χ1v) is 11.2. The van der Waals surface area contributed by atoms with Gasteiger partial charge in [-0.15, -0.1) is 21.5 Å². The number of rotatable bonds is 7. The number of thiophene rings is 1. The molecule has 0 radical (unpaired) electrons. The van der Waals surface area contributed by atoms with Gasteiger partial charge >= 0.3 is 0 Å². The van der Waals surface area contributed by atoms with Crippen LogP contribution < -0.4 is 14.8 Å². The van der Waals surface area contributed by atoms with Crippen LogP contribution in [0.2, 0.25) is 0 Å². The van der Waals surface area contributed by atoms with Gasteiger partial charge in [-0.25, -0.2) is 0 Å². The lowest BCUT2D eigenvalue weighted by molar-refractivity contribution is -0.118. The maximum absolute atomic E-state index is 12.1. The number of amides is 1. The molecule has 29 heavy (non-hydrogen) atoms. The van der Waals surface area contributed by atoms with Gasteiger partial charge in [0.25, 0.3) is 0 Å². The van der Waals surface area contributed by atoms with Gasteiger partial charge in [0.2, 0.25) is 5.91 Å². The van der Waals surface area contributed by atoms with E-state index in [0.717, 1.165) is 39.3 Å². The maximum Gasteiger partial charge on any atom is 0.230 e. The minimum absolute atomic E-state index is 0.0177. The summed E-state index contributed by atoms with van der Waals surface area (Å²) in [5.74, 6) is 2.69. The summed E-state index contributed by atoms with van der Waals surface area (Å²) in [6, 6.07) is 9.95. The molecule has 1 aliphatic heterocycles. The predicted octanol–water partition coefficient (Wildman–Crippen LogP) is 3.04. The van der Waals surface area contributed by atoms with Crippen LogP contribution in [0.5, 0.6) is 11.5 Å². The minimum Gasteiger partial charge on any atom is -0.490 e. The van der Waals surface area contributed by atoms with Crippen LogP contribution in [-0.2, 0) is 24.8 Å². The molecular weight excluding hydrogens is 408 g/mol. The average molecular weight is 431 g/mol. The monoisotopic (exact) mass is 430 g/mol. The van der Waals surface area contributed by atoms with Crippen molar-refractivity contribution >= 4 is 29.0 Å². The summed E-state index contributed by atoms with van der Waals surface area (Å²) in [6.07, 6.45) is 1.51. The van der Waals surface area contributed by atoms with Crippen molar-refractivity contribution in [1.82, 2.24) is 20.1 Å². The van der Waals surface area contributed by atoms with Crippen molar-refractivity contribution < 1.29 is 14.3 Å². The van der Waals surface area contributed by atoms with Crippen molar-refractivity contribution in [3.63, 3.8) is 0 Å². The van der Waals surface area contributed by atoms with E-state index in [1.807, 2.05) is 47.3 Å². The third-order valence-electron chi connectivity index (χ3n) is 4.47. The second kappa shape index (κ2) is 9.32. The van der Waals surface area contributed by atoms with Gasteiger partial charge in [-0.1, -0.05) is 23.9 Å². The molecule has 3 aromatic rings. The molecule has 7 nitrogen and oxygen atoms in total. The summed E-state index contributed by atoms with van der Waals surface area (Å²) in [5.41, 5.74) is 1.08. The number of carbonyl (C=O) groups is 1. The molecule has 0 atom stereocenters. The first-order chi connectivity index (χ1) is 14.2. The standard InChI is InChI=1S/C20H22N4O3S2/c1-24-18(11-14-5-6-16-17(10-14)27-8-3-7-26-16)22-23-20(24)29-13-19(25)21-12-15-4-2-9-28-15/h2,4-6,9-10H,3,7-8,11-13H2,1H3,(H,21,25). The van der Waals surface area contributed by atoms with E-state index in [0.29, 0.717) is 31.9 Å². The maximum atomic E-state index is 12.1. The van der Waals surface area contributed by atoms with Gasteiger partial charge in [-0.3, -0.25) is 4.79 Å². The highest BCUT2D eigenvalue weighted by molar-refractivity contribution is 7.99. The number of nitrogens with zero attached hydrogens (tertiary/aromatic N) is 3. The summed E-state index contributed by atoms with van der Waals surface area (Å²) in [5, 5.41) is 14.2. The Labute approximate surface area is 177 Å². The highest BCUT2D eigenvalue weighted by Gasteiger charge is 2.15. The molecule has 0 fully saturated rings. The van der Waals surface area contributed by atoms with E-state index in [4.69, 9.17) is 9.47 Å². The number of fused-ring (bicyclic) bond motifs is 1. The second-order valence-corrected chi connectivity index (χ2v) is 8.59. The molecule has 0 bridgehead atoms. The van der Waals surface area contributed by atoms with Gasteiger partial charge in [0, 0.05) is 24.8 Å². The Morgan fingerprint density at radius 2 is 2.10 bits per heavy atom. The van der Waals surface area contributed by atoms with E-state index in [-0.39, 0.29) is 5.91 Å². The molecule has 1 aliphatic rings. The van der Waals surface area contributed by atoms with Crippen LogP contribution in [0.4, 0.5) is 0 Å². The Bertz CT molecular complexity index is 972. The molecular formula is C20H22N4O3S2. The zero-order valence-electron chi connectivity index (χ0n) is 16.1. The van der Waals surface area contributed by atoms with E-state index in [2.05, 4.69) is 15.5 Å². The van der Waals surface area contributed by atoms with Gasteiger partial charge in [0.1, 0.15) is 5.82 Å². The Balaban J connectivity index is 1.33. The van der Waals surface area contributed by atoms with E-state index in [1.54, 1.807) is 11.3 Å². The first kappa shape index (κ1) is 19.8. The number of aromatic nitrogens is 3. The number of hydrogen-bond acceptors (Lipinski definition) is 7. The molecule has 9 heteroatoms. The smallest absolute Gasteiger partial charge is 0.230 e. The molecule has 1 N–H and O–H groups in total. The third kappa shape index (κ3) is 5.10. The highest BCUT2D eigenvalue weighted by Crippen LogP contribution is 2.31. The van der Waals surface area contributed by atoms with Crippen LogP contribution in [0.25, 0.3) is 0 Å². The summed E-state index contributed by atoms with van der Waals surface area (Å²) in [6.45, 7) is 1.90. The summed E-state index contributed by atoms with van der Waals surface area (Å²) < 4.78 is 13.4. The lowest BCUT2D eigenvalue weighted by atomic mass is 10.1. The van der Waals surface area contributed by atoms with Crippen LogP contribution in [0, 0.1) is 0 Å². The van der Waals surface area contributed by atoms with Crippen LogP contribution in [0.1, 0.15) is 22.7 Å². The first-order valence-electron chi connectivity index (χ1n) is 9.38. The van der Waals surface area contributed by atoms with Crippen molar-refractivity contribution in [2.24, 2.45) is 7.05 Å². The molecule has 0 saturated carbocycles. The number of ether oxygens (including phenoxy) is 2. The molecule has 0 unspecified atom stereocenters. The fourth-order valence-electron chi connectivity index (χ4n) is 2.90. The molecule has 0 saturated heterocycles. The summed E-state index contributed by atoms with van der Waals surface area (Å²) >= 11 is 3.02. The van der Waals surface area contributed by atoms with Crippen molar-refractivity contribution in [2.75, 3.05) is 19.0 Å². The van der Waals surface area contributed by atoms with Gasteiger partial charge in [-0.05, 0) is 29.1 Å². The van der Waals surface area contributed by atoms with E-state index >= 15 is 0 Å². The molecule has 0 spiro atoms. The zero-order chi connectivity index (χ0) is 20.1. The highest BCUT2D eigenvalue weighted by atomic mass is 32.2. The fourth-order valence-corrected chi connectivity index (χ4v) is 4.31. The normalized spacial score (nSPS) is 13.1. The average Bonchev–Trinajstić information content (AvgIpc) is 3.29. The van der Waals surface area contributed by atoms with Crippen molar-refractivity contribution in [2.45, 2.75) is 24.5 Å². The summed E-state index contributed by atoms with van der Waals surface area (Å²) in [4.78, 5) is 13.2. The number of carbonyl (C=O) groups excluding carboxylic acids is 1. The predicted molar refractivity (Wildman–Crippen MR) is 113 cm³/mol. The van der Waals surface area contributed by atoms with Crippen molar-refractivity contribution in [3.05, 3.63) is 52.0 Å². The number of hydrogen-bond donors (Lipinski definition) is 1. The minimum atomic E-state index is -0.0177. The van der Waals surface area contributed by atoms with Gasteiger partial charge in [0.05, 0.1) is 25.5 Å². The van der Waals surface area contributed by atoms with Crippen molar-refractivity contribution in [1.29, 1.82) is 0 Å². The number of thioether (sulfide) groups is 1. The molecule has 1 amide bonds. The van der Waals surface area contributed by atoms with Gasteiger partial charge in [0.15, 0.2) is 16.7 Å². The zero-order valence-corrected chi connectivity index (χ0v) is 17.7. The number of benzene rings is 1. The van der Waals surface area contributed by atoms with E-state index < -0.39 is 0 Å². The van der Waals surface area contributed by atoms with Crippen LogP contribution >= 0.6 is 23.1 Å². The van der Waals surface area contributed by atoms with E-state index in [9.17, 15) is 4.79 Å².